The van der Waals surface area contributed by atoms with Crippen LogP contribution in [0.4, 0.5) is 16.2 Å². The van der Waals surface area contributed by atoms with Crippen LogP contribution in [-0.2, 0) is 11.2 Å². The van der Waals surface area contributed by atoms with Crippen molar-refractivity contribution in [3.63, 3.8) is 0 Å². The number of nitrogens with one attached hydrogen (secondary N) is 1. The molecule has 8 nitrogen and oxygen atoms in total. The van der Waals surface area contributed by atoms with E-state index in [1.807, 2.05) is 93.5 Å². The van der Waals surface area contributed by atoms with Gasteiger partial charge in [-0.1, -0.05) is 43.3 Å². The van der Waals surface area contributed by atoms with E-state index < -0.39 is 0 Å². The van der Waals surface area contributed by atoms with E-state index in [4.69, 9.17) is 4.74 Å². The number of nitrogens with zero attached hydrogens (tertiary/aromatic N) is 3. The first-order valence-corrected chi connectivity index (χ1v) is 13.0. The lowest BCUT2D eigenvalue weighted by molar-refractivity contribution is -0.134. The van der Waals surface area contributed by atoms with Crippen molar-refractivity contribution < 1.29 is 19.4 Å². The molecule has 0 unspecified atom stereocenters. The molecule has 0 saturated heterocycles. The average Bonchev–Trinajstić information content (AvgIpc) is 2.95. The molecule has 2 N–H and O–H groups in total. The van der Waals surface area contributed by atoms with E-state index in [1.165, 1.54) is 0 Å². The molecule has 8 heteroatoms. The van der Waals surface area contributed by atoms with Crippen molar-refractivity contribution in [1.29, 1.82) is 0 Å². The van der Waals surface area contributed by atoms with Crippen LogP contribution in [0, 0.1) is 5.92 Å². The molecule has 0 fully saturated rings. The maximum absolute atomic E-state index is 13.3. The van der Waals surface area contributed by atoms with Crippen LogP contribution < -0.4 is 15.0 Å². The minimum absolute atomic E-state index is 0.0538. The van der Waals surface area contributed by atoms with E-state index in [-0.39, 0.29) is 43.0 Å². The number of carbonyl (C=O) groups excluding carboxylic acids is 2. The molecule has 0 bridgehead atoms. The standard InChI is InChI=1S/C30H38N4O4/c1-20-17-34(21(2)19-35)29(36)16-23-15-24(32(3)4)13-14-27(23)38-28(20)18-33(5)30(37)31-26-12-8-10-22-9-6-7-11-25(22)26/h6-15,20-21,28,35H,16-19H2,1-5H3,(H,31,37)/t20-,21-,28-/m1/s1. The number of aliphatic hydroxyl groups excluding tert-OH is 1. The largest absolute Gasteiger partial charge is 0.488 e. The summed E-state index contributed by atoms with van der Waals surface area (Å²) in [5.74, 6) is 0.490. The third kappa shape index (κ3) is 6.02. The predicted molar refractivity (Wildman–Crippen MR) is 152 cm³/mol. The highest BCUT2D eigenvalue weighted by Crippen LogP contribution is 2.30. The fourth-order valence-electron chi connectivity index (χ4n) is 4.81. The summed E-state index contributed by atoms with van der Waals surface area (Å²) < 4.78 is 6.53. The Balaban J connectivity index is 1.59. The zero-order valence-corrected chi connectivity index (χ0v) is 22.8. The summed E-state index contributed by atoms with van der Waals surface area (Å²) in [4.78, 5) is 31.9. The second-order valence-corrected chi connectivity index (χ2v) is 10.4. The summed E-state index contributed by atoms with van der Waals surface area (Å²) in [7, 11) is 5.65. The molecule has 3 aromatic carbocycles. The molecule has 0 aromatic heterocycles. The highest BCUT2D eigenvalue weighted by atomic mass is 16.5. The normalized spacial score (nSPS) is 18.5. The lowest BCUT2D eigenvalue weighted by atomic mass is 10.0. The molecule has 38 heavy (non-hydrogen) atoms. The van der Waals surface area contributed by atoms with Gasteiger partial charge in [-0.25, -0.2) is 4.79 Å². The maximum Gasteiger partial charge on any atom is 0.321 e. The molecule has 3 atom stereocenters. The van der Waals surface area contributed by atoms with Gasteiger partial charge in [0.1, 0.15) is 11.9 Å². The first kappa shape index (κ1) is 27.3. The number of rotatable bonds is 6. The van der Waals surface area contributed by atoms with E-state index in [9.17, 15) is 14.7 Å². The van der Waals surface area contributed by atoms with Crippen molar-refractivity contribution in [2.45, 2.75) is 32.4 Å². The second-order valence-electron chi connectivity index (χ2n) is 10.4. The summed E-state index contributed by atoms with van der Waals surface area (Å²) in [6.45, 7) is 4.48. The van der Waals surface area contributed by atoms with E-state index >= 15 is 0 Å². The molecule has 3 aromatic rings. The minimum Gasteiger partial charge on any atom is -0.488 e. The van der Waals surface area contributed by atoms with Crippen molar-refractivity contribution in [3.05, 3.63) is 66.2 Å². The molecule has 0 spiro atoms. The molecule has 3 amide bonds. The van der Waals surface area contributed by atoms with Crippen molar-refractivity contribution in [1.82, 2.24) is 9.80 Å². The summed E-state index contributed by atoms with van der Waals surface area (Å²) in [5, 5.41) is 14.9. The van der Waals surface area contributed by atoms with Gasteiger partial charge in [0.25, 0.3) is 0 Å². The van der Waals surface area contributed by atoms with Crippen molar-refractivity contribution >= 4 is 34.1 Å². The summed E-state index contributed by atoms with van der Waals surface area (Å²) in [5.41, 5.74) is 2.51. The Morgan fingerprint density at radius 3 is 2.61 bits per heavy atom. The van der Waals surface area contributed by atoms with E-state index in [2.05, 4.69) is 5.32 Å². The summed E-state index contributed by atoms with van der Waals surface area (Å²) >= 11 is 0. The van der Waals surface area contributed by atoms with Crippen LogP contribution in [0.25, 0.3) is 10.8 Å². The van der Waals surface area contributed by atoms with Crippen LogP contribution in [0.2, 0.25) is 0 Å². The molecule has 202 valence electrons. The Morgan fingerprint density at radius 1 is 1.13 bits per heavy atom. The Hall–Kier alpha value is -3.78. The Morgan fingerprint density at radius 2 is 1.87 bits per heavy atom. The van der Waals surface area contributed by atoms with Crippen molar-refractivity contribution in [3.8, 4) is 5.75 Å². The second kappa shape index (κ2) is 11.7. The van der Waals surface area contributed by atoms with Crippen molar-refractivity contribution in [2.24, 2.45) is 5.92 Å². The summed E-state index contributed by atoms with van der Waals surface area (Å²) in [6, 6.07) is 19.0. The van der Waals surface area contributed by atoms with Gasteiger partial charge in [-0.2, -0.15) is 0 Å². The number of fused-ring (bicyclic) bond motifs is 2. The van der Waals surface area contributed by atoms with Gasteiger partial charge in [-0.05, 0) is 36.6 Å². The predicted octanol–water partition coefficient (Wildman–Crippen LogP) is 4.22. The number of benzene rings is 3. The van der Waals surface area contributed by atoms with Gasteiger partial charge in [0.05, 0.1) is 31.3 Å². The number of urea groups is 1. The van der Waals surface area contributed by atoms with Crippen LogP contribution in [0.15, 0.2) is 60.7 Å². The molecule has 1 heterocycles. The van der Waals surface area contributed by atoms with Crippen LogP contribution >= 0.6 is 0 Å². The lowest BCUT2D eigenvalue weighted by Gasteiger charge is -2.34. The zero-order chi connectivity index (χ0) is 27.4. The fourth-order valence-corrected chi connectivity index (χ4v) is 4.81. The number of amides is 3. The number of likely N-dealkylation sites (N-methyl/N-ethyl adjacent to an activating group) is 1. The highest BCUT2D eigenvalue weighted by Gasteiger charge is 2.32. The minimum atomic E-state index is -0.374. The van der Waals surface area contributed by atoms with Crippen LogP contribution in [0.3, 0.4) is 0 Å². The van der Waals surface area contributed by atoms with Gasteiger partial charge in [0, 0.05) is 50.2 Å². The Kier molecular flexibility index (Phi) is 8.42. The van der Waals surface area contributed by atoms with Crippen LogP contribution in [0.1, 0.15) is 19.4 Å². The van der Waals surface area contributed by atoms with Crippen molar-refractivity contribution in [2.75, 3.05) is 51.1 Å². The van der Waals surface area contributed by atoms with E-state index in [0.717, 1.165) is 27.7 Å². The first-order valence-electron chi connectivity index (χ1n) is 13.0. The molecule has 4 rings (SSSR count). The monoisotopic (exact) mass is 518 g/mol. The lowest BCUT2D eigenvalue weighted by Crippen LogP contribution is -2.48. The van der Waals surface area contributed by atoms with Gasteiger partial charge < -0.3 is 29.9 Å². The molecule has 1 aliphatic heterocycles. The van der Waals surface area contributed by atoms with Gasteiger partial charge in [0.2, 0.25) is 5.91 Å². The van der Waals surface area contributed by atoms with E-state index in [1.54, 1.807) is 16.8 Å². The number of hydrogen-bond donors (Lipinski definition) is 2. The smallest absolute Gasteiger partial charge is 0.321 e. The third-order valence-electron chi connectivity index (χ3n) is 7.25. The highest BCUT2D eigenvalue weighted by molar-refractivity contribution is 6.01. The Labute approximate surface area is 224 Å². The number of aliphatic hydroxyl groups is 1. The Bertz CT molecular complexity index is 1290. The van der Waals surface area contributed by atoms with Gasteiger partial charge in [-0.15, -0.1) is 0 Å². The molecule has 1 aliphatic rings. The summed E-state index contributed by atoms with van der Waals surface area (Å²) in [6.07, 6.45) is -0.195. The molecular weight excluding hydrogens is 480 g/mol. The SMILES string of the molecule is C[C@@H]1CN([C@H](C)CO)C(=O)Cc2cc(N(C)C)ccc2O[C@@H]1CN(C)C(=O)Nc1cccc2ccccc12. The van der Waals surface area contributed by atoms with Crippen LogP contribution in [0.5, 0.6) is 5.75 Å². The first-order chi connectivity index (χ1) is 18.2. The molecule has 0 aliphatic carbocycles. The van der Waals surface area contributed by atoms with Gasteiger partial charge in [0.15, 0.2) is 0 Å². The quantitative estimate of drug-likeness (QED) is 0.511. The number of ether oxygens (including phenoxy) is 1. The van der Waals surface area contributed by atoms with Crippen LogP contribution in [-0.4, -0.2) is 79.8 Å². The van der Waals surface area contributed by atoms with E-state index in [0.29, 0.717) is 18.8 Å². The molecule has 0 radical (unpaired) electrons. The maximum atomic E-state index is 13.3. The van der Waals surface area contributed by atoms with Gasteiger partial charge in [-0.3, -0.25) is 4.79 Å². The number of anilines is 2. The molecule has 0 saturated carbocycles. The third-order valence-corrected chi connectivity index (χ3v) is 7.25. The topological polar surface area (TPSA) is 85.4 Å². The van der Waals surface area contributed by atoms with Gasteiger partial charge >= 0.3 is 6.03 Å². The number of carbonyl (C=O) groups is 2. The molecular formula is C30H38N4O4. The average molecular weight is 519 g/mol. The number of hydrogen-bond acceptors (Lipinski definition) is 5. The zero-order valence-electron chi connectivity index (χ0n) is 22.8. The fraction of sp³-hybridized carbons (Fsp3) is 0.400.